The van der Waals surface area contributed by atoms with Crippen LogP contribution in [0, 0.1) is 0 Å². The van der Waals surface area contributed by atoms with Gasteiger partial charge in [0.05, 0.1) is 52.9 Å². The Balaban J connectivity index is 0.000000200. The Kier molecular flexibility index (Phi) is 15.6. The molecule has 2 aliphatic heterocycles. The fourth-order valence-electron chi connectivity index (χ4n) is 6.46. The van der Waals surface area contributed by atoms with Gasteiger partial charge in [-0.05, 0) is 76.7 Å². The average Bonchev–Trinajstić information content (AvgIpc) is 3.04. The van der Waals surface area contributed by atoms with Crippen LogP contribution in [-0.2, 0) is 16.5 Å². The van der Waals surface area contributed by atoms with Gasteiger partial charge in [-0.1, -0.05) is 72.8 Å². The van der Waals surface area contributed by atoms with Crippen molar-refractivity contribution in [1.82, 2.24) is 19.6 Å². The van der Waals surface area contributed by atoms with Crippen molar-refractivity contribution in [2.24, 2.45) is 0 Å². The summed E-state index contributed by atoms with van der Waals surface area (Å²) in [6.45, 7) is 0. The van der Waals surface area contributed by atoms with E-state index >= 15 is 0 Å². The molecule has 0 bridgehead atoms. The summed E-state index contributed by atoms with van der Waals surface area (Å²) < 4.78 is 0. The van der Waals surface area contributed by atoms with Crippen LogP contribution in [0.3, 0.4) is 0 Å². The van der Waals surface area contributed by atoms with Gasteiger partial charge in [0, 0.05) is 16.5 Å². The van der Waals surface area contributed by atoms with Gasteiger partial charge in [0.2, 0.25) is 0 Å². The van der Waals surface area contributed by atoms with Crippen molar-refractivity contribution in [2.45, 2.75) is 0 Å². The SMILES string of the molecule is CN1C[PH+](c2ccccc2)CN(C)C[PH+](c2ccccc2)C1.CN1C[PH+](c2ccccc2)CN(C)C[PH+](c2ccccc2)C1.[Ni]. The van der Waals surface area contributed by atoms with Crippen molar-refractivity contribution in [1.29, 1.82) is 0 Å². The second-order valence-electron chi connectivity index (χ2n) is 12.6. The predicted molar refractivity (Wildman–Crippen MR) is 208 cm³/mol. The second kappa shape index (κ2) is 19.1. The van der Waals surface area contributed by atoms with E-state index in [-0.39, 0.29) is 16.5 Å². The van der Waals surface area contributed by atoms with Gasteiger partial charge < -0.3 is 0 Å². The smallest absolute Gasteiger partial charge is 0.118 e. The van der Waals surface area contributed by atoms with Gasteiger partial charge in [0.1, 0.15) is 50.3 Å². The van der Waals surface area contributed by atoms with Crippen LogP contribution in [0.15, 0.2) is 121 Å². The fourth-order valence-corrected chi connectivity index (χ4v) is 18.0. The molecule has 6 rings (SSSR count). The monoisotopic (exact) mass is 722 g/mol. The zero-order chi connectivity index (χ0) is 30.7. The average molecular weight is 723 g/mol. The molecule has 0 aliphatic carbocycles. The third-order valence-corrected chi connectivity index (χ3v) is 20.4. The van der Waals surface area contributed by atoms with Gasteiger partial charge in [-0.15, -0.1) is 0 Å². The molecular weight excluding hydrogens is 671 g/mol. The van der Waals surface area contributed by atoms with Crippen LogP contribution in [0.2, 0.25) is 0 Å². The molecule has 0 N–H and O–H groups in total. The molecule has 0 spiro atoms. The Morgan fingerprint density at radius 2 is 0.467 bits per heavy atom. The van der Waals surface area contributed by atoms with Gasteiger partial charge in [-0.3, -0.25) is 0 Å². The van der Waals surface area contributed by atoms with Crippen LogP contribution in [0.1, 0.15) is 0 Å². The first kappa shape index (κ1) is 36.8. The molecule has 0 unspecified atom stereocenters. The maximum absolute atomic E-state index is 2.59. The van der Waals surface area contributed by atoms with Crippen molar-refractivity contribution in [3.8, 4) is 0 Å². The summed E-state index contributed by atoms with van der Waals surface area (Å²) in [6, 6.07) is 44.5. The molecule has 0 saturated carbocycles. The molecule has 2 aliphatic rings. The summed E-state index contributed by atoms with van der Waals surface area (Å²) >= 11 is 0. The summed E-state index contributed by atoms with van der Waals surface area (Å²) in [6.07, 6.45) is 10.0. The number of hydrogen-bond acceptors (Lipinski definition) is 4. The van der Waals surface area contributed by atoms with Gasteiger partial charge in [-0.2, -0.15) is 0 Å². The summed E-state index contributed by atoms with van der Waals surface area (Å²) in [5.74, 6) is 0. The molecule has 4 nitrogen and oxygen atoms in total. The van der Waals surface area contributed by atoms with E-state index in [1.54, 1.807) is 21.2 Å². The Labute approximate surface area is 287 Å². The molecule has 0 aromatic heterocycles. The van der Waals surface area contributed by atoms with E-state index < -0.39 is 31.7 Å². The summed E-state index contributed by atoms with van der Waals surface area (Å²) in [4.78, 5) is 10.4. The summed E-state index contributed by atoms with van der Waals surface area (Å²) in [7, 11) is 7.18. The van der Waals surface area contributed by atoms with Crippen molar-refractivity contribution < 1.29 is 16.5 Å². The van der Waals surface area contributed by atoms with Crippen molar-refractivity contribution in [3.05, 3.63) is 121 Å². The number of benzene rings is 4. The van der Waals surface area contributed by atoms with E-state index in [1.807, 2.05) is 0 Å². The first-order chi connectivity index (χ1) is 21.4. The fraction of sp³-hybridized carbons (Fsp3) is 0.333. The molecule has 0 atom stereocenters. The summed E-state index contributed by atoms with van der Waals surface area (Å²) in [5, 5.41) is 6.28. The Bertz CT molecular complexity index is 1140. The Morgan fingerprint density at radius 3 is 0.622 bits per heavy atom. The first-order valence-electron chi connectivity index (χ1n) is 15.8. The second-order valence-corrected chi connectivity index (χ2v) is 22.2. The molecule has 4 aromatic carbocycles. The number of hydrogen-bond donors (Lipinski definition) is 0. The van der Waals surface area contributed by atoms with Crippen LogP contribution in [0.25, 0.3) is 0 Å². The zero-order valence-electron chi connectivity index (χ0n) is 27.3. The largest absolute Gasteiger partial charge is 0.241 e. The van der Waals surface area contributed by atoms with E-state index in [0.717, 1.165) is 0 Å². The van der Waals surface area contributed by atoms with Crippen LogP contribution in [0.4, 0.5) is 0 Å². The molecule has 2 heterocycles. The molecule has 4 aromatic rings. The number of rotatable bonds is 4. The first-order valence-corrected chi connectivity index (χ1v) is 23.4. The number of nitrogens with zero attached hydrogens (tertiary/aromatic N) is 4. The molecule has 0 radical (unpaired) electrons. The van der Waals surface area contributed by atoms with Crippen LogP contribution >= 0.6 is 31.7 Å². The van der Waals surface area contributed by atoms with Crippen molar-refractivity contribution in [3.63, 3.8) is 0 Å². The van der Waals surface area contributed by atoms with Crippen molar-refractivity contribution in [2.75, 3.05) is 78.5 Å². The Morgan fingerprint density at radius 1 is 0.311 bits per heavy atom. The van der Waals surface area contributed by atoms with Gasteiger partial charge in [0.25, 0.3) is 0 Å². The van der Waals surface area contributed by atoms with E-state index in [4.69, 9.17) is 0 Å². The molecule has 242 valence electrons. The maximum atomic E-state index is 2.59. The van der Waals surface area contributed by atoms with Crippen molar-refractivity contribution >= 4 is 52.9 Å². The topological polar surface area (TPSA) is 13.0 Å². The van der Waals surface area contributed by atoms with Gasteiger partial charge >= 0.3 is 0 Å². The van der Waals surface area contributed by atoms with E-state index in [0.29, 0.717) is 0 Å². The summed E-state index contributed by atoms with van der Waals surface area (Å²) in [5.41, 5.74) is 0. The van der Waals surface area contributed by atoms with E-state index in [1.165, 1.54) is 50.3 Å². The van der Waals surface area contributed by atoms with Gasteiger partial charge in [-0.25, -0.2) is 19.6 Å². The zero-order valence-corrected chi connectivity index (χ0v) is 32.3. The molecule has 0 amide bonds. The third-order valence-electron chi connectivity index (χ3n) is 8.41. The molecule has 2 fully saturated rings. The van der Waals surface area contributed by atoms with E-state index in [9.17, 15) is 0 Å². The van der Waals surface area contributed by atoms with E-state index in [2.05, 4.69) is 169 Å². The normalized spacial score (nSPS) is 24.1. The molecule has 45 heavy (non-hydrogen) atoms. The minimum atomic E-state index is -0.518. The van der Waals surface area contributed by atoms with Crippen LogP contribution < -0.4 is 21.2 Å². The maximum Gasteiger partial charge on any atom is 0.118 e. The van der Waals surface area contributed by atoms with Crippen LogP contribution in [-0.4, -0.2) is 98.1 Å². The molecule has 9 heteroatoms. The molecule has 2 saturated heterocycles. The minimum absolute atomic E-state index is 0. The Hall–Kier alpha value is -1.07. The molecular formula is C36H52N4NiP4+4. The minimum Gasteiger partial charge on any atom is -0.241 e. The standard InChI is InChI=1S/2C18H24N2P2.Ni/c2*1-19-13-21(17-9-5-3-6-10-17)15-20(2)16-22(14-19)18-11-7-4-8-12-18;/h2*3-12H,13-16H2,1-2H3;/p+4. The van der Waals surface area contributed by atoms with Crippen LogP contribution in [0.5, 0.6) is 0 Å². The predicted octanol–water partition coefficient (Wildman–Crippen LogP) is 5.54. The third kappa shape index (κ3) is 11.5. The quantitative estimate of drug-likeness (QED) is 0.203. The van der Waals surface area contributed by atoms with Gasteiger partial charge in [0.15, 0.2) is 0 Å².